The Morgan fingerprint density at radius 2 is 2.10 bits per heavy atom. The number of nitro benzene ring substituents is 1. The molecule has 3 rings (SSSR count). The first-order valence-electron chi connectivity index (χ1n) is 6.72. The average molecular weight is 296 g/mol. The molecule has 0 amide bonds. The van der Waals surface area contributed by atoms with Crippen LogP contribution >= 0.6 is 0 Å². The zero-order chi connectivity index (χ0) is 15.0. The Labute approximate surface area is 118 Å². The molecule has 0 unspecified atom stereocenters. The average Bonchev–Trinajstić information content (AvgIpc) is 2.89. The summed E-state index contributed by atoms with van der Waals surface area (Å²) in [5.41, 5.74) is -0.764. The van der Waals surface area contributed by atoms with E-state index < -0.39 is 22.6 Å². The highest BCUT2D eigenvalue weighted by molar-refractivity contribution is 5.82. The van der Waals surface area contributed by atoms with Gasteiger partial charge in [-0.1, -0.05) is 0 Å². The van der Waals surface area contributed by atoms with Crippen molar-refractivity contribution < 1.29 is 13.7 Å². The van der Waals surface area contributed by atoms with Crippen LogP contribution in [0.2, 0.25) is 0 Å². The maximum absolute atomic E-state index is 12.9. The summed E-state index contributed by atoms with van der Waals surface area (Å²) >= 11 is 0. The standard InChI is InChI=1S/C13H14F2N4O2/c14-13(15)10-6-11-8(5-12(10)19(20)21)7-18(17-11)9-1-3-16-4-2-9/h5-7,9,13,16H,1-4H2. The molecule has 2 aromatic rings. The van der Waals surface area contributed by atoms with E-state index in [-0.39, 0.29) is 6.04 Å². The van der Waals surface area contributed by atoms with Gasteiger partial charge in [-0.25, -0.2) is 8.78 Å². The summed E-state index contributed by atoms with van der Waals surface area (Å²) in [6, 6.07) is 2.50. The van der Waals surface area contributed by atoms with Crippen LogP contribution in [0.4, 0.5) is 14.5 Å². The molecule has 8 heteroatoms. The minimum absolute atomic E-state index is 0.202. The number of fused-ring (bicyclic) bond motifs is 1. The molecular formula is C13H14F2N4O2. The van der Waals surface area contributed by atoms with Crippen LogP contribution in [0.5, 0.6) is 0 Å². The predicted molar refractivity (Wildman–Crippen MR) is 72.5 cm³/mol. The number of nitrogens with one attached hydrogen (secondary N) is 1. The van der Waals surface area contributed by atoms with Crippen LogP contribution in [0.1, 0.15) is 30.9 Å². The number of alkyl halides is 2. The summed E-state index contributed by atoms with van der Waals surface area (Å²) in [6.07, 6.45) is 0.613. The molecule has 2 heterocycles. The number of hydrogen-bond donors (Lipinski definition) is 1. The van der Waals surface area contributed by atoms with Crippen molar-refractivity contribution in [3.05, 3.63) is 34.0 Å². The Balaban J connectivity index is 2.06. The molecule has 112 valence electrons. The summed E-state index contributed by atoms with van der Waals surface area (Å²) < 4.78 is 27.6. The number of aromatic nitrogens is 2. The van der Waals surface area contributed by atoms with E-state index in [4.69, 9.17) is 0 Å². The van der Waals surface area contributed by atoms with E-state index in [1.165, 1.54) is 6.07 Å². The van der Waals surface area contributed by atoms with Gasteiger partial charge in [0, 0.05) is 17.6 Å². The first kappa shape index (κ1) is 13.9. The Morgan fingerprint density at radius 1 is 1.38 bits per heavy atom. The number of halogens is 2. The number of piperidine rings is 1. The van der Waals surface area contributed by atoms with E-state index in [2.05, 4.69) is 10.4 Å². The highest BCUT2D eigenvalue weighted by Crippen LogP contribution is 2.33. The quantitative estimate of drug-likeness (QED) is 0.698. The number of rotatable bonds is 3. The van der Waals surface area contributed by atoms with Gasteiger partial charge in [-0.2, -0.15) is 5.10 Å². The van der Waals surface area contributed by atoms with Crippen LogP contribution in [0.15, 0.2) is 18.3 Å². The van der Waals surface area contributed by atoms with Crippen molar-refractivity contribution >= 4 is 16.6 Å². The van der Waals surface area contributed by atoms with Crippen LogP contribution in [0, 0.1) is 10.1 Å². The van der Waals surface area contributed by atoms with Crippen molar-refractivity contribution in [1.82, 2.24) is 15.1 Å². The van der Waals surface area contributed by atoms with E-state index in [1.807, 2.05) is 0 Å². The van der Waals surface area contributed by atoms with E-state index in [9.17, 15) is 18.9 Å². The lowest BCUT2D eigenvalue weighted by Gasteiger charge is -2.22. The number of nitro groups is 1. The molecule has 1 aliphatic rings. The van der Waals surface area contributed by atoms with E-state index in [0.717, 1.165) is 32.0 Å². The van der Waals surface area contributed by atoms with Crippen molar-refractivity contribution in [2.75, 3.05) is 13.1 Å². The number of benzene rings is 1. The van der Waals surface area contributed by atoms with Gasteiger partial charge in [0.1, 0.15) is 0 Å². The molecule has 0 atom stereocenters. The van der Waals surface area contributed by atoms with Crippen LogP contribution in [-0.4, -0.2) is 27.8 Å². The van der Waals surface area contributed by atoms with Gasteiger partial charge in [-0.05, 0) is 32.0 Å². The Bertz CT molecular complexity index is 680. The fourth-order valence-corrected chi connectivity index (χ4v) is 2.69. The zero-order valence-electron chi connectivity index (χ0n) is 11.1. The van der Waals surface area contributed by atoms with Gasteiger partial charge >= 0.3 is 0 Å². The molecule has 21 heavy (non-hydrogen) atoms. The summed E-state index contributed by atoms with van der Waals surface area (Å²) in [6.45, 7) is 1.76. The van der Waals surface area contributed by atoms with E-state index >= 15 is 0 Å². The summed E-state index contributed by atoms with van der Waals surface area (Å²) in [5.74, 6) is 0. The molecular weight excluding hydrogens is 282 g/mol. The molecule has 1 aliphatic heterocycles. The van der Waals surface area contributed by atoms with Gasteiger partial charge in [0.25, 0.3) is 12.1 Å². The third-order valence-corrected chi connectivity index (χ3v) is 3.79. The molecule has 0 bridgehead atoms. The zero-order valence-corrected chi connectivity index (χ0v) is 11.1. The molecule has 1 aromatic heterocycles. The summed E-state index contributed by atoms with van der Waals surface area (Å²) in [5, 5.41) is 19.0. The lowest BCUT2D eigenvalue weighted by Crippen LogP contribution is -2.29. The summed E-state index contributed by atoms with van der Waals surface area (Å²) in [4.78, 5) is 10.1. The fourth-order valence-electron chi connectivity index (χ4n) is 2.69. The van der Waals surface area contributed by atoms with Crippen molar-refractivity contribution in [2.45, 2.75) is 25.3 Å². The maximum Gasteiger partial charge on any atom is 0.279 e. The number of hydrogen-bond acceptors (Lipinski definition) is 4. The Morgan fingerprint density at radius 3 is 2.71 bits per heavy atom. The minimum atomic E-state index is -2.89. The van der Waals surface area contributed by atoms with Crippen LogP contribution in [0.3, 0.4) is 0 Å². The second-order valence-electron chi connectivity index (χ2n) is 5.12. The van der Waals surface area contributed by atoms with E-state index in [1.54, 1.807) is 10.9 Å². The molecule has 1 N–H and O–H groups in total. The fraction of sp³-hybridized carbons (Fsp3) is 0.462. The third kappa shape index (κ3) is 2.58. The van der Waals surface area contributed by atoms with Gasteiger partial charge in [0.2, 0.25) is 0 Å². The predicted octanol–water partition coefficient (Wildman–Crippen LogP) is 2.81. The van der Waals surface area contributed by atoms with E-state index in [0.29, 0.717) is 10.9 Å². The third-order valence-electron chi connectivity index (χ3n) is 3.79. The van der Waals surface area contributed by atoms with Gasteiger partial charge < -0.3 is 5.32 Å². The lowest BCUT2D eigenvalue weighted by atomic mass is 10.1. The molecule has 0 aliphatic carbocycles. The lowest BCUT2D eigenvalue weighted by molar-refractivity contribution is -0.386. The number of nitrogens with zero attached hydrogens (tertiary/aromatic N) is 3. The monoisotopic (exact) mass is 296 g/mol. The van der Waals surface area contributed by atoms with Crippen LogP contribution in [-0.2, 0) is 0 Å². The van der Waals surface area contributed by atoms with Crippen LogP contribution in [0.25, 0.3) is 10.9 Å². The normalized spacial score (nSPS) is 16.7. The highest BCUT2D eigenvalue weighted by Gasteiger charge is 2.24. The van der Waals surface area contributed by atoms with Crippen molar-refractivity contribution in [2.24, 2.45) is 0 Å². The molecule has 6 nitrogen and oxygen atoms in total. The first-order valence-corrected chi connectivity index (χ1v) is 6.72. The Kier molecular flexibility index (Phi) is 3.54. The molecule has 0 radical (unpaired) electrons. The van der Waals surface area contributed by atoms with Crippen molar-refractivity contribution in [1.29, 1.82) is 0 Å². The maximum atomic E-state index is 12.9. The first-order chi connectivity index (χ1) is 10.1. The SMILES string of the molecule is O=[N+]([O-])c1cc2cn(C3CCNCC3)nc2cc1C(F)F. The van der Waals surface area contributed by atoms with Crippen molar-refractivity contribution in [3.63, 3.8) is 0 Å². The highest BCUT2D eigenvalue weighted by atomic mass is 19.3. The molecule has 0 saturated carbocycles. The van der Waals surface area contributed by atoms with Crippen LogP contribution < -0.4 is 5.32 Å². The second-order valence-corrected chi connectivity index (χ2v) is 5.12. The molecule has 1 aromatic carbocycles. The topological polar surface area (TPSA) is 73.0 Å². The smallest absolute Gasteiger partial charge is 0.279 e. The van der Waals surface area contributed by atoms with Crippen molar-refractivity contribution in [3.8, 4) is 0 Å². The summed E-state index contributed by atoms with van der Waals surface area (Å²) in [7, 11) is 0. The Hall–Kier alpha value is -2.09. The molecule has 0 spiro atoms. The minimum Gasteiger partial charge on any atom is -0.317 e. The van der Waals surface area contributed by atoms with Gasteiger partial charge in [0.05, 0.1) is 22.0 Å². The largest absolute Gasteiger partial charge is 0.317 e. The van der Waals surface area contributed by atoms with Gasteiger partial charge in [-0.3, -0.25) is 14.8 Å². The van der Waals surface area contributed by atoms with Gasteiger partial charge in [0.15, 0.2) is 0 Å². The molecule has 1 saturated heterocycles. The van der Waals surface area contributed by atoms with Gasteiger partial charge in [-0.15, -0.1) is 0 Å². The molecule has 1 fully saturated rings. The second kappa shape index (κ2) is 5.36.